The summed E-state index contributed by atoms with van der Waals surface area (Å²) in [5.41, 5.74) is 1.36. The number of para-hydroxylation sites is 1. The van der Waals surface area contributed by atoms with Gasteiger partial charge in [-0.25, -0.2) is 4.57 Å². The van der Waals surface area contributed by atoms with E-state index in [4.69, 9.17) is 24.0 Å². The van der Waals surface area contributed by atoms with Gasteiger partial charge < -0.3 is 24.9 Å². The van der Waals surface area contributed by atoms with E-state index in [-0.39, 0.29) is 32.8 Å². The molecule has 96 valence electrons. The first-order valence-corrected chi connectivity index (χ1v) is 6.02. The summed E-state index contributed by atoms with van der Waals surface area (Å²) in [5, 5.41) is 0. The minimum absolute atomic E-state index is 0. The average molecular weight is 457 g/mol. The molecule has 1 aliphatic heterocycles. The first-order valence-electron chi connectivity index (χ1n) is 4.46. The third-order valence-corrected chi connectivity index (χ3v) is 1.82. The van der Waals surface area contributed by atoms with Gasteiger partial charge in [0.2, 0.25) is 0 Å². The SMILES string of the molecule is O.O=P(O)(O)O.[Pb].c1ccc2c(c1)CCCO2. The van der Waals surface area contributed by atoms with E-state index in [1.54, 1.807) is 0 Å². The molecule has 1 aromatic rings. The van der Waals surface area contributed by atoms with Crippen LogP contribution in [0.5, 0.6) is 5.75 Å². The molecule has 6 nitrogen and oxygen atoms in total. The van der Waals surface area contributed by atoms with Crippen molar-refractivity contribution in [3.8, 4) is 5.75 Å². The minimum atomic E-state index is -4.64. The predicted molar refractivity (Wildman–Crippen MR) is 63.9 cm³/mol. The zero-order valence-electron chi connectivity index (χ0n) is 9.04. The summed E-state index contributed by atoms with van der Waals surface area (Å²) in [7, 11) is -4.64. The topological polar surface area (TPSA) is 118 Å². The summed E-state index contributed by atoms with van der Waals surface area (Å²) < 4.78 is 14.3. The summed E-state index contributed by atoms with van der Waals surface area (Å²) in [6, 6.07) is 8.25. The number of fused-ring (bicyclic) bond motifs is 1. The van der Waals surface area contributed by atoms with Crippen LogP contribution in [0.4, 0.5) is 0 Å². The van der Waals surface area contributed by atoms with Crippen LogP contribution in [-0.2, 0) is 11.0 Å². The number of aryl methyl sites for hydroxylation is 1. The van der Waals surface area contributed by atoms with E-state index in [2.05, 4.69) is 12.1 Å². The van der Waals surface area contributed by atoms with Gasteiger partial charge in [0.1, 0.15) is 5.75 Å². The second kappa shape index (κ2) is 9.01. The van der Waals surface area contributed by atoms with Crippen molar-refractivity contribution in [2.45, 2.75) is 12.8 Å². The Labute approximate surface area is 119 Å². The van der Waals surface area contributed by atoms with Gasteiger partial charge in [0, 0.05) is 27.3 Å². The number of rotatable bonds is 0. The van der Waals surface area contributed by atoms with Crippen LogP contribution < -0.4 is 4.74 Å². The van der Waals surface area contributed by atoms with Crippen LogP contribution in [0.2, 0.25) is 0 Å². The number of ether oxygens (including phenoxy) is 1. The molecule has 5 N–H and O–H groups in total. The molecule has 4 radical (unpaired) electrons. The fourth-order valence-corrected chi connectivity index (χ4v) is 1.30. The van der Waals surface area contributed by atoms with Gasteiger partial charge in [-0.3, -0.25) is 0 Å². The van der Waals surface area contributed by atoms with Gasteiger partial charge in [-0.05, 0) is 24.5 Å². The molecule has 0 aliphatic carbocycles. The molecule has 0 fully saturated rings. The maximum atomic E-state index is 8.88. The molecule has 0 atom stereocenters. The van der Waals surface area contributed by atoms with Crippen molar-refractivity contribution >= 4 is 35.1 Å². The Morgan fingerprint density at radius 2 is 1.71 bits per heavy atom. The Bertz CT molecular complexity index is 333. The number of hydrogen-bond acceptors (Lipinski definition) is 2. The maximum absolute atomic E-state index is 8.88. The normalized spacial score (nSPS) is 12.6. The van der Waals surface area contributed by atoms with Gasteiger partial charge >= 0.3 is 7.82 Å². The minimum Gasteiger partial charge on any atom is -0.493 e. The Balaban J connectivity index is 0. The first kappa shape index (κ1) is 19.4. The fourth-order valence-electron chi connectivity index (χ4n) is 1.30. The van der Waals surface area contributed by atoms with Crippen molar-refractivity contribution in [2.24, 2.45) is 0 Å². The van der Waals surface area contributed by atoms with Gasteiger partial charge in [0.05, 0.1) is 6.61 Å². The second-order valence-corrected chi connectivity index (χ2v) is 4.10. The van der Waals surface area contributed by atoms with Crippen LogP contribution in [-0.4, -0.2) is 54.1 Å². The predicted octanol–water partition coefficient (Wildman–Crippen LogP) is -0.123. The summed E-state index contributed by atoms with van der Waals surface area (Å²) in [5.74, 6) is 1.08. The molecule has 1 aliphatic rings. The second-order valence-electron chi connectivity index (χ2n) is 3.07. The first-order chi connectivity index (χ1) is 6.97. The Kier molecular flexibility index (Phi) is 10.3. The van der Waals surface area contributed by atoms with E-state index < -0.39 is 7.82 Å². The van der Waals surface area contributed by atoms with Crippen molar-refractivity contribution in [2.75, 3.05) is 6.61 Å². The smallest absolute Gasteiger partial charge is 0.466 e. The monoisotopic (exact) mass is 458 g/mol. The van der Waals surface area contributed by atoms with E-state index in [9.17, 15) is 0 Å². The number of hydrogen-bond donors (Lipinski definition) is 3. The molecule has 0 spiro atoms. The molecule has 1 heterocycles. The Morgan fingerprint density at radius 3 is 2.24 bits per heavy atom. The van der Waals surface area contributed by atoms with E-state index in [1.165, 1.54) is 12.0 Å². The Hall–Kier alpha value is 0.0121. The standard InChI is InChI=1S/C9H10O.H3O4P.H2O.Pb/c1-2-6-9-8(4-1)5-3-7-10-9;1-5(2,3)4;;/h1-2,4,6H,3,5,7H2;(H3,1,2,3,4);1H2;. The molecule has 0 bridgehead atoms. The quantitative estimate of drug-likeness (QED) is 0.371. The van der Waals surface area contributed by atoms with Crippen molar-refractivity contribution in [3.05, 3.63) is 29.8 Å². The molecule has 0 amide bonds. The van der Waals surface area contributed by atoms with Gasteiger partial charge in [-0.2, -0.15) is 0 Å². The van der Waals surface area contributed by atoms with Gasteiger partial charge in [0.15, 0.2) is 0 Å². The molecule has 0 aromatic heterocycles. The van der Waals surface area contributed by atoms with E-state index in [1.807, 2.05) is 12.1 Å². The molecular formula is C9H15O6PPb. The third-order valence-electron chi connectivity index (χ3n) is 1.82. The summed E-state index contributed by atoms with van der Waals surface area (Å²) in [6.07, 6.45) is 2.34. The van der Waals surface area contributed by atoms with Crippen molar-refractivity contribution < 1.29 is 29.5 Å². The number of phosphoric acid groups is 1. The van der Waals surface area contributed by atoms with Crippen LogP contribution in [0.15, 0.2) is 24.3 Å². The van der Waals surface area contributed by atoms with Crippen molar-refractivity contribution in [1.29, 1.82) is 0 Å². The van der Waals surface area contributed by atoms with Gasteiger partial charge in [0.25, 0.3) is 0 Å². The molecule has 2 rings (SSSR count). The summed E-state index contributed by atoms with van der Waals surface area (Å²) in [6.45, 7) is 0.886. The largest absolute Gasteiger partial charge is 0.493 e. The number of benzene rings is 1. The summed E-state index contributed by atoms with van der Waals surface area (Å²) >= 11 is 0. The molecular weight excluding hydrogens is 442 g/mol. The zero-order chi connectivity index (χ0) is 11.3. The maximum Gasteiger partial charge on any atom is 0.466 e. The van der Waals surface area contributed by atoms with Crippen LogP contribution >= 0.6 is 7.82 Å². The molecule has 8 heteroatoms. The molecule has 17 heavy (non-hydrogen) atoms. The van der Waals surface area contributed by atoms with Gasteiger partial charge in [-0.15, -0.1) is 0 Å². The van der Waals surface area contributed by atoms with Gasteiger partial charge in [-0.1, -0.05) is 18.2 Å². The van der Waals surface area contributed by atoms with E-state index >= 15 is 0 Å². The molecule has 1 aromatic carbocycles. The van der Waals surface area contributed by atoms with Crippen molar-refractivity contribution in [1.82, 2.24) is 0 Å². The van der Waals surface area contributed by atoms with Crippen LogP contribution in [0.1, 0.15) is 12.0 Å². The zero-order valence-corrected chi connectivity index (χ0v) is 13.8. The van der Waals surface area contributed by atoms with Crippen molar-refractivity contribution in [3.63, 3.8) is 0 Å². The van der Waals surface area contributed by atoms with Crippen LogP contribution in [0.3, 0.4) is 0 Å². The molecule has 0 unspecified atom stereocenters. The Morgan fingerprint density at radius 1 is 1.18 bits per heavy atom. The fraction of sp³-hybridized carbons (Fsp3) is 0.333. The van der Waals surface area contributed by atoms with E-state index in [0.29, 0.717) is 0 Å². The third kappa shape index (κ3) is 9.69. The van der Waals surface area contributed by atoms with Crippen LogP contribution in [0.25, 0.3) is 0 Å². The molecule has 0 saturated carbocycles. The van der Waals surface area contributed by atoms with Crippen LogP contribution in [0, 0.1) is 0 Å². The van der Waals surface area contributed by atoms with E-state index in [0.717, 1.165) is 18.8 Å². The average Bonchev–Trinajstić information content (AvgIpc) is 2.16. The summed E-state index contributed by atoms with van der Waals surface area (Å²) in [4.78, 5) is 21.6. The molecule has 0 saturated heterocycles.